The molecule has 0 bridgehead atoms. The third-order valence-corrected chi connectivity index (χ3v) is 2.45. The lowest BCUT2D eigenvalue weighted by molar-refractivity contribution is -0.136. The lowest BCUT2D eigenvalue weighted by atomic mass is 10.0. The van der Waals surface area contributed by atoms with Gasteiger partial charge in [-0.15, -0.1) is 0 Å². The minimum atomic E-state index is -0.847. The Labute approximate surface area is 81.1 Å². The van der Waals surface area contributed by atoms with E-state index < -0.39 is 5.97 Å². The lowest BCUT2D eigenvalue weighted by Gasteiger charge is -2.04. The van der Waals surface area contributed by atoms with Crippen LogP contribution in [0.15, 0.2) is 10.7 Å². The molecule has 14 heavy (non-hydrogen) atoms. The van der Waals surface area contributed by atoms with Crippen molar-refractivity contribution in [3.8, 4) is 0 Å². The smallest absolute Gasteiger partial charge is 0.308 e. The minimum Gasteiger partial charge on any atom is -0.481 e. The van der Waals surface area contributed by atoms with Crippen LogP contribution in [0.2, 0.25) is 0 Å². The van der Waals surface area contributed by atoms with Crippen LogP contribution < -0.4 is 5.32 Å². The number of hydrogen-bond donors (Lipinski definition) is 2. The monoisotopic (exact) mass is 196 g/mol. The molecule has 1 fully saturated rings. The van der Waals surface area contributed by atoms with Gasteiger partial charge in [-0.1, -0.05) is 5.16 Å². The summed E-state index contributed by atoms with van der Waals surface area (Å²) in [6.07, 6.45) is 2.49. The Hall–Kier alpha value is -1.36. The molecular weight excluding hydrogens is 184 g/mol. The number of carboxylic acids is 1. The summed E-state index contributed by atoms with van der Waals surface area (Å²) in [5.74, 6) is 0.171. The van der Waals surface area contributed by atoms with E-state index in [9.17, 15) is 4.79 Å². The molecule has 1 atom stereocenters. The highest BCUT2D eigenvalue weighted by atomic mass is 16.5. The standard InChI is InChI=1S/C9H12N2O3/c12-8(13)3-7-5-11-14-9(7)6-1-2-10-4-6/h5-6,10H,1-4H2,(H,12,13). The molecule has 2 rings (SSSR count). The van der Waals surface area contributed by atoms with Gasteiger partial charge in [-0.2, -0.15) is 0 Å². The van der Waals surface area contributed by atoms with Gasteiger partial charge in [0.15, 0.2) is 0 Å². The van der Waals surface area contributed by atoms with Crippen molar-refractivity contribution >= 4 is 5.97 Å². The van der Waals surface area contributed by atoms with E-state index in [1.54, 1.807) is 0 Å². The number of carbonyl (C=O) groups is 1. The summed E-state index contributed by atoms with van der Waals surface area (Å²) in [6, 6.07) is 0. The van der Waals surface area contributed by atoms with Gasteiger partial charge in [0.1, 0.15) is 5.76 Å². The fourth-order valence-corrected chi connectivity index (χ4v) is 1.78. The second-order valence-corrected chi connectivity index (χ2v) is 3.48. The fraction of sp³-hybridized carbons (Fsp3) is 0.556. The quantitative estimate of drug-likeness (QED) is 0.730. The molecule has 1 aromatic heterocycles. The van der Waals surface area contributed by atoms with Crippen LogP contribution in [-0.2, 0) is 11.2 Å². The number of carboxylic acid groups (broad SMARTS) is 1. The van der Waals surface area contributed by atoms with Crippen LogP contribution in [0.5, 0.6) is 0 Å². The van der Waals surface area contributed by atoms with Gasteiger partial charge < -0.3 is 14.9 Å². The second kappa shape index (κ2) is 3.79. The van der Waals surface area contributed by atoms with Crippen LogP contribution in [-0.4, -0.2) is 29.3 Å². The van der Waals surface area contributed by atoms with Crippen molar-refractivity contribution in [1.29, 1.82) is 0 Å². The van der Waals surface area contributed by atoms with Crippen LogP contribution in [0.25, 0.3) is 0 Å². The SMILES string of the molecule is O=C(O)Cc1cnoc1C1CCNC1. The Morgan fingerprint density at radius 2 is 2.64 bits per heavy atom. The molecule has 1 unspecified atom stereocenters. The summed E-state index contributed by atoms with van der Waals surface area (Å²) in [5, 5.41) is 15.5. The van der Waals surface area contributed by atoms with E-state index in [0.29, 0.717) is 5.56 Å². The zero-order chi connectivity index (χ0) is 9.97. The Bertz CT molecular complexity index is 329. The van der Waals surface area contributed by atoms with Crippen LogP contribution in [0, 0.1) is 0 Å². The Morgan fingerprint density at radius 3 is 3.29 bits per heavy atom. The predicted molar refractivity (Wildman–Crippen MR) is 48.1 cm³/mol. The number of aromatic nitrogens is 1. The van der Waals surface area contributed by atoms with E-state index in [-0.39, 0.29) is 12.3 Å². The van der Waals surface area contributed by atoms with Crippen molar-refractivity contribution in [3.05, 3.63) is 17.5 Å². The zero-order valence-corrected chi connectivity index (χ0v) is 7.69. The first-order valence-corrected chi connectivity index (χ1v) is 4.63. The van der Waals surface area contributed by atoms with Gasteiger partial charge in [-0.3, -0.25) is 4.79 Å². The highest BCUT2D eigenvalue weighted by Gasteiger charge is 2.24. The number of aliphatic carboxylic acids is 1. The zero-order valence-electron chi connectivity index (χ0n) is 7.69. The number of nitrogens with zero attached hydrogens (tertiary/aromatic N) is 1. The number of nitrogens with one attached hydrogen (secondary N) is 1. The molecule has 0 spiro atoms. The number of rotatable bonds is 3. The summed E-state index contributed by atoms with van der Waals surface area (Å²) >= 11 is 0. The van der Waals surface area contributed by atoms with Crippen LogP contribution in [0.1, 0.15) is 23.7 Å². The van der Waals surface area contributed by atoms with Gasteiger partial charge in [0.25, 0.3) is 0 Å². The Kier molecular flexibility index (Phi) is 2.49. The van der Waals surface area contributed by atoms with E-state index in [2.05, 4.69) is 10.5 Å². The largest absolute Gasteiger partial charge is 0.481 e. The highest BCUT2D eigenvalue weighted by Crippen LogP contribution is 2.25. The molecule has 0 radical (unpaired) electrons. The van der Waals surface area contributed by atoms with Crippen molar-refractivity contribution in [2.45, 2.75) is 18.8 Å². The topological polar surface area (TPSA) is 75.4 Å². The molecule has 76 valence electrons. The molecule has 0 saturated carbocycles. The molecule has 0 aromatic carbocycles. The lowest BCUT2D eigenvalue weighted by Crippen LogP contribution is -2.09. The Balaban J connectivity index is 2.15. The van der Waals surface area contributed by atoms with E-state index in [0.717, 1.165) is 25.3 Å². The minimum absolute atomic E-state index is 0.00463. The molecule has 1 saturated heterocycles. The fourth-order valence-electron chi connectivity index (χ4n) is 1.78. The Morgan fingerprint density at radius 1 is 1.79 bits per heavy atom. The first kappa shape index (κ1) is 9.21. The van der Waals surface area contributed by atoms with Gasteiger partial charge in [-0.05, 0) is 13.0 Å². The van der Waals surface area contributed by atoms with Crippen LogP contribution >= 0.6 is 0 Å². The first-order chi connectivity index (χ1) is 6.77. The molecule has 1 aromatic rings. The van der Waals surface area contributed by atoms with Crippen molar-refractivity contribution < 1.29 is 14.4 Å². The van der Waals surface area contributed by atoms with E-state index >= 15 is 0 Å². The normalized spacial score (nSPS) is 21.3. The maximum atomic E-state index is 10.5. The summed E-state index contributed by atoms with van der Waals surface area (Å²) in [7, 11) is 0. The summed E-state index contributed by atoms with van der Waals surface area (Å²) < 4.78 is 5.10. The average molecular weight is 196 g/mol. The van der Waals surface area contributed by atoms with Gasteiger partial charge in [-0.25, -0.2) is 0 Å². The van der Waals surface area contributed by atoms with E-state index in [1.807, 2.05) is 0 Å². The molecule has 0 aliphatic carbocycles. The number of hydrogen-bond acceptors (Lipinski definition) is 4. The van der Waals surface area contributed by atoms with E-state index in [1.165, 1.54) is 6.20 Å². The summed E-state index contributed by atoms with van der Waals surface area (Å²) in [6.45, 7) is 1.81. The highest BCUT2D eigenvalue weighted by molar-refractivity contribution is 5.70. The molecule has 2 N–H and O–H groups in total. The van der Waals surface area contributed by atoms with Crippen LogP contribution in [0.4, 0.5) is 0 Å². The molecule has 0 amide bonds. The molecule has 5 heteroatoms. The molecule has 1 aliphatic heterocycles. The first-order valence-electron chi connectivity index (χ1n) is 4.63. The maximum absolute atomic E-state index is 10.5. The van der Waals surface area contributed by atoms with Gasteiger partial charge in [0.05, 0.1) is 12.6 Å². The second-order valence-electron chi connectivity index (χ2n) is 3.48. The third kappa shape index (κ3) is 1.77. The molecular formula is C9H12N2O3. The average Bonchev–Trinajstić information content (AvgIpc) is 2.70. The third-order valence-electron chi connectivity index (χ3n) is 2.45. The van der Waals surface area contributed by atoms with Crippen molar-refractivity contribution in [1.82, 2.24) is 10.5 Å². The van der Waals surface area contributed by atoms with Gasteiger partial charge in [0.2, 0.25) is 0 Å². The van der Waals surface area contributed by atoms with Gasteiger partial charge >= 0.3 is 5.97 Å². The summed E-state index contributed by atoms with van der Waals surface area (Å²) in [5.41, 5.74) is 0.700. The van der Waals surface area contributed by atoms with Gasteiger partial charge in [0, 0.05) is 18.0 Å². The summed E-state index contributed by atoms with van der Waals surface area (Å²) in [4.78, 5) is 10.5. The molecule has 2 heterocycles. The predicted octanol–water partition coefficient (Wildman–Crippen LogP) is 0.379. The molecule has 1 aliphatic rings. The maximum Gasteiger partial charge on any atom is 0.308 e. The van der Waals surface area contributed by atoms with Crippen molar-refractivity contribution in [3.63, 3.8) is 0 Å². The molecule has 5 nitrogen and oxygen atoms in total. The van der Waals surface area contributed by atoms with E-state index in [4.69, 9.17) is 9.63 Å². The van der Waals surface area contributed by atoms with Crippen molar-refractivity contribution in [2.75, 3.05) is 13.1 Å². The van der Waals surface area contributed by atoms with Crippen LogP contribution in [0.3, 0.4) is 0 Å². The van der Waals surface area contributed by atoms with Crippen molar-refractivity contribution in [2.24, 2.45) is 0 Å².